The van der Waals surface area contributed by atoms with Gasteiger partial charge in [0.1, 0.15) is 5.78 Å². The van der Waals surface area contributed by atoms with E-state index in [4.69, 9.17) is 4.74 Å². The lowest BCUT2D eigenvalue weighted by atomic mass is 9.81. The lowest BCUT2D eigenvalue weighted by Crippen LogP contribution is -2.17. The summed E-state index contributed by atoms with van der Waals surface area (Å²) >= 11 is 0. The molecule has 96 valence electrons. The van der Waals surface area contributed by atoms with Crippen LogP contribution in [0.1, 0.15) is 54.4 Å². The fraction of sp³-hybridized carbons (Fsp3) is 0.467. The molecule has 2 rings (SSSR count). The molecule has 0 aliphatic heterocycles. The van der Waals surface area contributed by atoms with E-state index in [1.54, 1.807) is 13.0 Å². The van der Waals surface area contributed by atoms with Gasteiger partial charge in [-0.3, -0.25) is 4.79 Å². The SMILES string of the molecule is CCOC(=O)c1ccccc1[C@H]1CCCC(=O)C1. The number of ether oxygens (including phenoxy) is 1. The van der Waals surface area contributed by atoms with Crippen molar-refractivity contribution in [2.45, 2.75) is 38.5 Å². The maximum absolute atomic E-state index is 11.9. The number of hydrogen-bond acceptors (Lipinski definition) is 3. The second-order valence-corrected chi connectivity index (χ2v) is 4.64. The van der Waals surface area contributed by atoms with Crippen LogP contribution >= 0.6 is 0 Å². The van der Waals surface area contributed by atoms with Gasteiger partial charge in [-0.2, -0.15) is 0 Å². The summed E-state index contributed by atoms with van der Waals surface area (Å²) in [5.74, 6) is 0.183. The Morgan fingerprint density at radius 1 is 1.39 bits per heavy atom. The number of rotatable bonds is 3. The summed E-state index contributed by atoms with van der Waals surface area (Å²) in [5, 5.41) is 0. The van der Waals surface area contributed by atoms with Crippen LogP contribution in [0.3, 0.4) is 0 Å². The highest BCUT2D eigenvalue weighted by Gasteiger charge is 2.25. The number of carbonyl (C=O) groups excluding carboxylic acids is 2. The average molecular weight is 246 g/mol. The Morgan fingerprint density at radius 2 is 2.17 bits per heavy atom. The van der Waals surface area contributed by atoms with Crippen molar-refractivity contribution in [3.63, 3.8) is 0 Å². The van der Waals surface area contributed by atoms with Gasteiger partial charge in [-0.1, -0.05) is 18.2 Å². The Morgan fingerprint density at radius 3 is 2.89 bits per heavy atom. The van der Waals surface area contributed by atoms with Crippen LogP contribution in [-0.4, -0.2) is 18.4 Å². The van der Waals surface area contributed by atoms with Gasteiger partial charge in [0.2, 0.25) is 0 Å². The Hall–Kier alpha value is -1.64. The average Bonchev–Trinajstić information content (AvgIpc) is 2.39. The zero-order valence-electron chi connectivity index (χ0n) is 10.6. The maximum Gasteiger partial charge on any atom is 0.338 e. The zero-order chi connectivity index (χ0) is 13.0. The van der Waals surface area contributed by atoms with Crippen LogP contribution < -0.4 is 0 Å². The topological polar surface area (TPSA) is 43.4 Å². The number of esters is 1. The third kappa shape index (κ3) is 2.78. The van der Waals surface area contributed by atoms with Crippen molar-refractivity contribution in [3.8, 4) is 0 Å². The number of carbonyl (C=O) groups is 2. The monoisotopic (exact) mass is 246 g/mol. The molecule has 0 N–H and O–H groups in total. The Balaban J connectivity index is 2.26. The van der Waals surface area contributed by atoms with E-state index in [1.165, 1.54) is 0 Å². The van der Waals surface area contributed by atoms with Crippen molar-refractivity contribution in [1.82, 2.24) is 0 Å². The Bertz CT molecular complexity index is 451. The van der Waals surface area contributed by atoms with E-state index >= 15 is 0 Å². The van der Waals surface area contributed by atoms with E-state index in [2.05, 4.69) is 0 Å². The van der Waals surface area contributed by atoms with Gasteiger partial charge in [0.15, 0.2) is 0 Å². The third-order valence-electron chi connectivity index (χ3n) is 3.38. The zero-order valence-corrected chi connectivity index (χ0v) is 10.6. The molecule has 0 aromatic heterocycles. The third-order valence-corrected chi connectivity index (χ3v) is 3.38. The van der Waals surface area contributed by atoms with Gasteiger partial charge in [-0.05, 0) is 37.3 Å². The molecule has 1 aromatic carbocycles. The first-order chi connectivity index (χ1) is 8.72. The van der Waals surface area contributed by atoms with Crippen LogP contribution in [0.15, 0.2) is 24.3 Å². The minimum atomic E-state index is -0.286. The lowest BCUT2D eigenvalue weighted by Gasteiger charge is -2.23. The molecule has 0 spiro atoms. The van der Waals surface area contributed by atoms with Crippen LogP contribution in [0.2, 0.25) is 0 Å². The van der Waals surface area contributed by atoms with Gasteiger partial charge < -0.3 is 4.74 Å². The van der Waals surface area contributed by atoms with Crippen molar-refractivity contribution in [1.29, 1.82) is 0 Å². The second kappa shape index (κ2) is 5.80. The van der Waals surface area contributed by atoms with Crippen LogP contribution in [0.5, 0.6) is 0 Å². The molecule has 1 fully saturated rings. The standard InChI is InChI=1S/C15H18O3/c1-2-18-15(17)14-9-4-3-8-13(14)11-6-5-7-12(16)10-11/h3-4,8-9,11H,2,5-7,10H2,1H3/t11-/m0/s1. The van der Waals surface area contributed by atoms with Crippen molar-refractivity contribution >= 4 is 11.8 Å². The molecular weight excluding hydrogens is 228 g/mol. The highest BCUT2D eigenvalue weighted by molar-refractivity contribution is 5.91. The fourth-order valence-electron chi connectivity index (χ4n) is 2.54. The summed E-state index contributed by atoms with van der Waals surface area (Å²) in [6.45, 7) is 2.17. The summed E-state index contributed by atoms with van der Waals surface area (Å²) in [4.78, 5) is 23.4. The van der Waals surface area contributed by atoms with E-state index in [0.717, 1.165) is 18.4 Å². The first kappa shape index (κ1) is 12.8. The molecule has 1 atom stereocenters. The first-order valence-corrected chi connectivity index (χ1v) is 6.50. The molecule has 1 aromatic rings. The minimum Gasteiger partial charge on any atom is -0.462 e. The quantitative estimate of drug-likeness (QED) is 0.770. The summed E-state index contributed by atoms with van der Waals surface area (Å²) in [7, 11) is 0. The van der Waals surface area contributed by atoms with E-state index in [0.29, 0.717) is 30.8 Å². The predicted octanol–water partition coefficient (Wildman–Crippen LogP) is 3.09. The molecule has 0 bridgehead atoms. The predicted molar refractivity (Wildman–Crippen MR) is 68.6 cm³/mol. The smallest absolute Gasteiger partial charge is 0.338 e. The molecule has 0 heterocycles. The molecule has 1 aliphatic rings. The molecule has 3 nitrogen and oxygen atoms in total. The molecule has 0 amide bonds. The van der Waals surface area contributed by atoms with Crippen LogP contribution in [-0.2, 0) is 9.53 Å². The Labute approximate surface area is 107 Å². The molecule has 0 saturated heterocycles. The molecule has 1 saturated carbocycles. The minimum absolute atomic E-state index is 0.173. The van der Waals surface area contributed by atoms with Crippen LogP contribution in [0.25, 0.3) is 0 Å². The fourth-order valence-corrected chi connectivity index (χ4v) is 2.54. The molecule has 1 aliphatic carbocycles. The molecule has 0 radical (unpaired) electrons. The molecule has 18 heavy (non-hydrogen) atoms. The highest BCUT2D eigenvalue weighted by Crippen LogP contribution is 2.33. The molecule has 3 heteroatoms. The van der Waals surface area contributed by atoms with Gasteiger partial charge in [0.05, 0.1) is 12.2 Å². The lowest BCUT2D eigenvalue weighted by molar-refractivity contribution is -0.120. The second-order valence-electron chi connectivity index (χ2n) is 4.64. The van der Waals surface area contributed by atoms with Crippen molar-refractivity contribution in [2.24, 2.45) is 0 Å². The van der Waals surface area contributed by atoms with Gasteiger partial charge in [0, 0.05) is 12.8 Å². The summed E-state index contributed by atoms with van der Waals surface area (Å²) < 4.78 is 5.06. The Kier molecular flexibility index (Phi) is 4.13. The summed E-state index contributed by atoms with van der Waals surface area (Å²) in [6, 6.07) is 7.47. The van der Waals surface area contributed by atoms with Crippen molar-refractivity contribution in [3.05, 3.63) is 35.4 Å². The first-order valence-electron chi connectivity index (χ1n) is 6.50. The number of benzene rings is 1. The number of hydrogen-bond donors (Lipinski definition) is 0. The number of ketones is 1. The van der Waals surface area contributed by atoms with Gasteiger partial charge in [-0.15, -0.1) is 0 Å². The number of Topliss-reactive ketones (excluding diaryl/α,β-unsaturated/α-hetero) is 1. The van der Waals surface area contributed by atoms with Crippen molar-refractivity contribution in [2.75, 3.05) is 6.61 Å². The summed E-state index contributed by atoms with van der Waals surface area (Å²) in [6.07, 6.45) is 3.12. The van der Waals surface area contributed by atoms with Gasteiger partial charge in [-0.25, -0.2) is 4.79 Å². The van der Waals surface area contributed by atoms with E-state index < -0.39 is 0 Å². The van der Waals surface area contributed by atoms with E-state index in [-0.39, 0.29) is 11.9 Å². The normalized spacial score (nSPS) is 19.6. The maximum atomic E-state index is 11.9. The van der Waals surface area contributed by atoms with Crippen molar-refractivity contribution < 1.29 is 14.3 Å². The van der Waals surface area contributed by atoms with Gasteiger partial charge >= 0.3 is 5.97 Å². The van der Waals surface area contributed by atoms with Gasteiger partial charge in [0.25, 0.3) is 0 Å². The summed E-state index contributed by atoms with van der Waals surface area (Å²) in [5.41, 5.74) is 1.57. The highest BCUT2D eigenvalue weighted by atomic mass is 16.5. The van der Waals surface area contributed by atoms with Crippen LogP contribution in [0.4, 0.5) is 0 Å². The van der Waals surface area contributed by atoms with E-state index in [9.17, 15) is 9.59 Å². The largest absolute Gasteiger partial charge is 0.462 e. The van der Waals surface area contributed by atoms with Crippen LogP contribution in [0, 0.1) is 0 Å². The molecule has 0 unspecified atom stereocenters. The molecular formula is C15H18O3. The van der Waals surface area contributed by atoms with E-state index in [1.807, 2.05) is 18.2 Å².